The van der Waals surface area contributed by atoms with Crippen molar-refractivity contribution in [2.75, 3.05) is 25.4 Å². The third kappa shape index (κ3) is 2.99. The zero-order chi connectivity index (χ0) is 22.1. The molecule has 5 atom stereocenters. The Morgan fingerprint density at radius 3 is 2.74 bits per heavy atom. The number of fused-ring (bicyclic) bond motifs is 2. The standard InChI is InChI=1S/C20H19Cl3N2O6/c1-29-25-13-5-3-2-4-12(13)19(17(25)27)7-14-11-8-30-15(19)6-10(11)16(26)24(14)18(28)31-9-20(21,22)23/h2-5,10-11,14-15H,6-9H2,1H3/t10?,11?,14-,15+,19-/m0/s1. The van der Waals surface area contributed by atoms with Crippen molar-refractivity contribution < 1.29 is 28.7 Å². The van der Waals surface area contributed by atoms with E-state index >= 15 is 0 Å². The maximum absolute atomic E-state index is 13.7. The van der Waals surface area contributed by atoms with Gasteiger partial charge in [-0.3, -0.25) is 14.4 Å². The van der Waals surface area contributed by atoms with E-state index in [2.05, 4.69) is 0 Å². The molecule has 166 valence electrons. The fourth-order valence-electron chi connectivity index (χ4n) is 5.62. The summed E-state index contributed by atoms with van der Waals surface area (Å²) in [4.78, 5) is 46.1. The van der Waals surface area contributed by atoms with E-state index in [9.17, 15) is 14.4 Å². The highest BCUT2D eigenvalue weighted by molar-refractivity contribution is 6.67. The van der Waals surface area contributed by atoms with Gasteiger partial charge in [-0.25, -0.2) is 9.69 Å². The molecule has 4 fully saturated rings. The summed E-state index contributed by atoms with van der Waals surface area (Å²) < 4.78 is 9.45. The number of ether oxygens (including phenoxy) is 2. The van der Waals surface area contributed by atoms with Gasteiger partial charge >= 0.3 is 6.09 Å². The van der Waals surface area contributed by atoms with Crippen LogP contribution in [0.25, 0.3) is 0 Å². The normalized spacial score (nSPS) is 33.8. The summed E-state index contributed by atoms with van der Waals surface area (Å²) >= 11 is 17.1. The average molecular weight is 490 g/mol. The van der Waals surface area contributed by atoms with Gasteiger partial charge in [-0.05, 0) is 24.5 Å². The van der Waals surface area contributed by atoms with Crippen molar-refractivity contribution >= 4 is 58.4 Å². The largest absolute Gasteiger partial charge is 0.445 e. The van der Waals surface area contributed by atoms with Crippen LogP contribution < -0.4 is 5.06 Å². The van der Waals surface area contributed by atoms with Gasteiger partial charge in [0.1, 0.15) is 12.0 Å². The maximum atomic E-state index is 13.7. The number of nitrogens with zero attached hydrogens (tertiary/aromatic N) is 2. The molecule has 31 heavy (non-hydrogen) atoms. The van der Waals surface area contributed by atoms with Gasteiger partial charge in [0.2, 0.25) is 9.70 Å². The van der Waals surface area contributed by atoms with Crippen LogP contribution in [0.3, 0.4) is 0 Å². The van der Waals surface area contributed by atoms with Gasteiger partial charge in [0, 0.05) is 11.8 Å². The number of hydrogen-bond donors (Lipinski definition) is 0. The first-order valence-electron chi connectivity index (χ1n) is 9.85. The molecular formula is C20H19Cl3N2O6. The number of hydrogen-bond acceptors (Lipinski definition) is 6. The van der Waals surface area contributed by atoms with Crippen LogP contribution in [-0.4, -0.2) is 59.1 Å². The second kappa shape index (κ2) is 7.22. The SMILES string of the molecule is CON1C(=O)[C@@]2(C[C@H]3C4CO[C@@H]2CC4C(=O)N3C(=O)OCC(Cl)(Cl)Cl)c2ccccc21. The van der Waals surface area contributed by atoms with Crippen molar-refractivity contribution in [2.24, 2.45) is 11.8 Å². The molecule has 3 amide bonds. The van der Waals surface area contributed by atoms with Crippen LogP contribution >= 0.6 is 34.8 Å². The molecule has 1 aromatic carbocycles. The number of rotatable bonds is 2. The Balaban J connectivity index is 1.56. The number of halogens is 3. The number of amides is 3. The molecule has 5 aliphatic rings. The molecule has 4 aliphatic heterocycles. The third-order valence-electron chi connectivity index (χ3n) is 6.84. The number of para-hydroxylation sites is 1. The summed E-state index contributed by atoms with van der Waals surface area (Å²) in [5.74, 6) is -1.29. The predicted molar refractivity (Wildman–Crippen MR) is 111 cm³/mol. The molecule has 1 saturated carbocycles. The van der Waals surface area contributed by atoms with Gasteiger partial charge in [0.05, 0.1) is 31.5 Å². The van der Waals surface area contributed by atoms with Crippen LogP contribution in [0.2, 0.25) is 0 Å². The Morgan fingerprint density at radius 1 is 1.29 bits per heavy atom. The first kappa shape index (κ1) is 21.3. The first-order valence-corrected chi connectivity index (χ1v) is 11.0. The van der Waals surface area contributed by atoms with Crippen LogP contribution in [0, 0.1) is 11.8 Å². The summed E-state index contributed by atoms with van der Waals surface area (Å²) in [6.45, 7) is -0.226. The lowest BCUT2D eigenvalue weighted by Gasteiger charge is -2.39. The fraction of sp³-hybridized carbons (Fsp3) is 0.550. The van der Waals surface area contributed by atoms with Crippen molar-refractivity contribution in [3.05, 3.63) is 29.8 Å². The lowest BCUT2D eigenvalue weighted by molar-refractivity contribution is -0.145. The molecule has 1 spiro atoms. The second-order valence-corrected chi connectivity index (χ2v) is 10.8. The van der Waals surface area contributed by atoms with Crippen LogP contribution in [0.4, 0.5) is 10.5 Å². The molecule has 4 bridgehead atoms. The molecule has 3 saturated heterocycles. The summed E-state index contributed by atoms with van der Waals surface area (Å²) in [5.41, 5.74) is 0.327. The molecular weight excluding hydrogens is 471 g/mol. The minimum atomic E-state index is -1.80. The average Bonchev–Trinajstić information content (AvgIpc) is 3.00. The van der Waals surface area contributed by atoms with Crippen molar-refractivity contribution in [3.63, 3.8) is 0 Å². The van der Waals surface area contributed by atoms with Gasteiger partial charge in [-0.1, -0.05) is 53.0 Å². The molecule has 0 aromatic heterocycles. The highest BCUT2D eigenvalue weighted by Crippen LogP contribution is 2.57. The topological polar surface area (TPSA) is 85.4 Å². The molecule has 0 radical (unpaired) electrons. The molecule has 11 heteroatoms. The fourth-order valence-corrected chi connectivity index (χ4v) is 5.79. The Kier molecular flexibility index (Phi) is 4.95. The number of anilines is 1. The van der Waals surface area contributed by atoms with Gasteiger partial charge in [0.25, 0.3) is 5.91 Å². The lowest BCUT2D eigenvalue weighted by atomic mass is 9.71. The first-order chi connectivity index (χ1) is 14.7. The summed E-state index contributed by atoms with van der Waals surface area (Å²) in [6.07, 6.45) is -0.850. The van der Waals surface area contributed by atoms with Crippen LogP contribution in [-0.2, 0) is 29.3 Å². The molecule has 0 N–H and O–H groups in total. The monoisotopic (exact) mass is 488 g/mol. The van der Waals surface area contributed by atoms with E-state index in [1.165, 1.54) is 12.2 Å². The van der Waals surface area contributed by atoms with E-state index in [0.717, 1.165) is 10.5 Å². The van der Waals surface area contributed by atoms with E-state index in [-0.39, 0.29) is 30.8 Å². The molecule has 4 heterocycles. The lowest BCUT2D eigenvalue weighted by Crippen LogP contribution is -2.54. The van der Waals surface area contributed by atoms with Gasteiger partial charge in [0.15, 0.2) is 0 Å². The quantitative estimate of drug-likeness (QED) is 0.594. The minimum Gasteiger partial charge on any atom is -0.445 e. The smallest absolute Gasteiger partial charge is 0.416 e. The van der Waals surface area contributed by atoms with Gasteiger partial charge in [-0.15, -0.1) is 0 Å². The molecule has 6 rings (SSSR count). The minimum absolute atomic E-state index is 0.211. The molecule has 2 unspecified atom stereocenters. The number of carbonyl (C=O) groups is 3. The number of carbonyl (C=O) groups excluding carboxylic acids is 3. The van der Waals surface area contributed by atoms with Gasteiger partial charge < -0.3 is 9.47 Å². The van der Waals surface area contributed by atoms with E-state index in [4.69, 9.17) is 49.1 Å². The van der Waals surface area contributed by atoms with Crippen molar-refractivity contribution in [1.82, 2.24) is 4.90 Å². The van der Waals surface area contributed by atoms with E-state index in [0.29, 0.717) is 12.1 Å². The number of likely N-dealkylation sites (tertiary alicyclic amines) is 1. The summed E-state index contributed by atoms with van der Waals surface area (Å²) in [6, 6.07) is 6.76. The van der Waals surface area contributed by atoms with Crippen LogP contribution in [0.5, 0.6) is 0 Å². The van der Waals surface area contributed by atoms with Crippen LogP contribution in [0.15, 0.2) is 24.3 Å². The highest BCUT2D eigenvalue weighted by Gasteiger charge is 2.67. The summed E-state index contributed by atoms with van der Waals surface area (Å²) in [5, 5.41) is 1.26. The summed E-state index contributed by atoms with van der Waals surface area (Å²) in [7, 11) is 1.43. The zero-order valence-corrected chi connectivity index (χ0v) is 18.7. The van der Waals surface area contributed by atoms with Gasteiger partial charge in [-0.2, -0.15) is 5.06 Å². The van der Waals surface area contributed by atoms with Crippen molar-refractivity contribution in [1.29, 1.82) is 0 Å². The molecule has 1 aromatic rings. The molecule has 8 nitrogen and oxygen atoms in total. The predicted octanol–water partition coefficient (Wildman–Crippen LogP) is 2.98. The Morgan fingerprint density at radius 2 is 2.03 bits per heavy atom. The highest BCUT2D eigenvalue weighted by atomic mass is 35.6. The Labute approximate surface area is 193 Å². The Bertz CT molecular complexity index is 968. The zero-order valence-electron chi connectivity index (χ0n) is 16.4. The number of benzene rings is 1. The van der Waals surface area contributed by atoms with Crippen molar-refractivity contribution in [3.8, 4) is 0 Å². The number of imide groups is 1. The third-order valence-corrected chi connectivity index (χ3v) is 7.17. The van der Waals surface area contributed by atoms with E-state index in [1.807, 2.05) is 18.2 Å². The van der Waals surface area contributed by atoms with Crippen LogP contribution in [0.1, 0.15) is 18.4 Å². The number of hydroxylamine groups is 1. The van der Waals surface area contributed by atoms with E-state index < -0.39 is 40.0 Å². The molecule has 1 aliphatic carbocycles. The van der Waals surface area contributed by atoms with E-state index in [1.54, 1.807) is 6.07 Å². The number of alkyl halides is 3. The van der Waals surface area contributed by atoms with Crippen molar-refractivity contribution in [2.45, 2.75) is 34.2 Å². The Hall–Kier alpha value is -1.58. The maximum Gasteiger partial charge on any atom is 0.416 e. The second-order valence-electron chi connectivity index (χ2n) is 8.25.